The Morgan fingerprint density at radius 3 is 2.57 bits per heavy atom. The number of rotatable bonds is 4. The zero-order chi connectivity index (χ0) is 13.8. The molecule has 0 spiro atoms. The molecule has 0 aromatic heterocycles. The molecule has 0 radical (unpaired) electrons. The largest absolute Gasteiger partial charge is 0.505 e. The second kappa shape index (κ2) is 9.54. The van der Waals surface area contributed by atoms with Crippen molar-refractivity contribution < 1.29 is 5.11 Å². The van der Waals surface area contributed by atoms with Crippen molar-refractivity contribution in [3.8, 4) is 5.75 Å². The average Bonchev–Trinajstić information content (AvgIpc) is 2.43. The number of nitrogens with two attached hydrogens (primary N) is 1. The highest BCUT2D eigenvalue weighted by molar-refractivity contribution is 9.10. The van der Waals surface area contributed by atoms with Gasteiger partial charge in [-0.25, -0.2) is 0 Å². The number of piperazine rings is 1. The number of aromatic hydroxyl groups is 1. The molecule has 1 aliphatic heterocycles. The van der Waals surface area contributed by atoms with Crippen molar-refractivity contribution in [2.45, 2.75) is 12.5 Å². The van der Waals surface area contributed by atoms with Crippen LogP contribution in [0.2, 0.25) is 0 Å². The summed E-state index contributed by atoms with van der Waals surface area (Å²) in [6, 6.07) is 3.71. The summed E-state index contributed by atoms with van der Waals surface area (Å²) in [5, 5.41) is 13.6. The number of hydrogen-bond acceptors (Lipinski definition) is 4. The molecule has 1 atom stereocenters. The van der Waals surface area contributed by atoms with Crippen molar-refractivity contribution in [1.29, 1.82) is 0 Å². The molecule has 1 aromatic carbocycles. The Balaban J connectivity index is 0.00000200. The lowest BCUT2D eigenvalue weighted by atomic mass is 9.99. The molecule has 2 rings (SSSR count). The molecule has 7 heteroatoms. The Kier molecular flexibility index (Phi) is 9.33. The zero-order valence-electron chi connectivity index (χ0n) is 11.7. The lowest BCUT2D eigenvalue weighted by Crippen LogP contribution is -2.45. The van der Waals surface area contributed by atoms with Gasteiger partial charge in [-0.15, -0.1) is 31.4 Å². The predicted octanol–water partition coefficient (Wildman–Crippen LogP) is 3.10. The Morgan fingerprint density at radius 2 is 2.00 bits per heavy atom. The van der Waals surface area contributed by atoms with Gasteiger partial charge in [-0.3, -0.25) is 4.90 Å². The molecular formula is C14H22BrCl2N3O. The highest BCUT2D eigenvalue weighted by Gasteiger charge is 2.26. The highest BCUT2D eigenvalue weighted by Crippen LogP contribution is 2.40. The first-order chi connectivity index (χ1) is 9.15. The molecule has 0 saturated carbocycles. The molecule has 120 valence electrons. The maximum atomic E-state index is 10.3. The van der Waals surface area contributed by atoms with E-state index in [2.05, 4.69) is 32.7 Å². The third-order valence-electron chi connectivity index (χ3n) is 3.51. The van der Waals surface area contributed by atoms with Gasteiger partial charge < -0.3 is 16.2 Å². The van der Waals surface area contributed by atoms with Crippen LogP contribution >= 0.6 is 40.7 Å². The second-order valence-electron chi connectivity index (χ2n) is 4.73. The topological polar surface area (TPSA) is 61.5 Å². The SMILES string of the molecule is C=CC[C@H](c1c(Br)ccc(N)c1O)N1CCNCC1.Cl.Cl. The monoisotopic (exact) mass is 397 g/mol. The van der Waals surface area contributed by atoms with Crippen LogP contribution in [0, 0.1) is 0 Å². The number of nitrogens with one attached hydrogen (secondary N) is 1. The fraction of sp³-hybridized carbons (Fsp3) is 0.429. The van der Waals surface area contributed by atoms with Gasteiger partial charge in [0, 0.05) is 42.3 Å². The molecule has 0 bridgehead atoms. The minimum Gasteiger partial charge on any atom is -0.505 e. The van der Waals surface area contributed by atoms with Gasteiger partial charge in [0.05, 0.1) is 5.69 Å². The van der Waals surface area contributed by atoms with Gasteiger partial charge in [-0.05, 0) is 18.6 Å². The molecule has 0 amide bonds. The van der Waals surface area contributed by atoms with E-state index in [0.29, 0.717) is 5.69 Å². The number of phenols is 1. The Labute approximate surface area is 146 Å². The molecule has 1 aliphatic rings. The summed E-state index contributed by atoms with van der Waals surface area (Å²) in [4.78, 5) is 2.36. The first kappa shape index (κ1) is 20.5. The Bertz CT molecular complexity index is 468. The smallest absolute Gasteiger partial charge is 0.144 e. The van der Waals surface area contributed by atoms with E-state index in [9.17, 15) is 5.11 Å². The zero-order valence-corrected chi connectivity index (χ0v) is 14.9. The van der Waals surface area contributed by atoms with Crippen LogP contribution in [0.4, 0.5) is 5.69 Å². The summed E-state index contributed by atoms with van der Waals surface area (Å²) in [5.41, 5.74) is 7.11. The highest BCUT2D eigenvalue weighted by atomic mass is 79.9. The lowest BCUT2D eigenvalue weighted by Gasteiger charge is -2.35. The molecule has 4 N–H and O–H groups in total. The van der Waals surface area contributed by atoms with Crippen LogP contribution in [0.5, 0.6) is 5.75 Å². The maximum absolute atomic E-state index is 10.3. The van der Waals surface area contributed by atoms with E-state index in [1.54, 1.807) is 6.07 Å². The Morgan fingerprint density at radius 1 is 1.38 bits per heavy atom. The Hall–Kier alpha value is -0.460. The average molecular weight is 399 g/mol. The number of nitrogens with zero attached hydrogens (tertiary/aromatic N) is 1. The van der Waals surface area contributed by atoms with Crippen LogP contribution in [-0.4, -0.2) is 36.2 Å². The van der Waals surface area contributed by atoms with Crippen LogP contribution in [0.25, 0.3) is 0 Å². The van der Waals surface area contributed by atoms with Crippen LogP contribution in [-0.2, 0) is 0 Å². The molecule has 21 heavy (non-hydrogen) atoms. The first-order valence-corrected chi connectivity index (χ1v) is 7.27. The predicted molar refractivity (Wildman–Crippen MR) is 96.7 cm³/mol. The van der Waals surface area contributed by atoms with Crippen molar-refractivity contribution in [1.82, 2.24) is 10.2 Å². The van der Waals surface area contributed by atoms with Gasteiger partial charge in [-0.1, -0.05) is 22.0 Å². The quantitative estimate of drug-likeness (QED) is 0.414. The molecule has 1 heterocycles. The van der Waals surface area contributed by atoms with Gasteiger partial charge in [-0.2, -0.15) is 0 Å². The van der Waals surface area contributed by atoms with Crippen molar-refractivity contribution >= 4 is 46.4 Å². The van der Waals surface area contributed by atoms with E-state index in [-0.39, 0.29) is 36.6 Å². The van der Waals surface area contributed by atoms with E-state index in [0.717, 1.165) is 42.6 Å². The molecule has 0 aliphatic carbocycles. The van der Waals surface area contributed by atoms with Gasteiger partial charge >= 0.3 is 0 Å². The lowest BCUT2D eigenvalue weighted by molar-refractivity contribution is 0.171. The van der Waals surface area contributed by atoms with E-state index in [1.807, 2.05) is 12.1 Å². The van der Waals surface area contributed by atoms with Crippen molar-refractivity contribution in [2.24, 2.45) is 0 Å². The molecule has 1 fully saturated rings. The second-order valence-corrected chi connectivity index (χ2v) is 5.58. The number of anilines is 1. The third kappa shape index (κ3) is 4.76. The summed E-state index contributed by atoms with van der Waals surface area (Å²) in [7, 11) is 0. The molecular weight excluding hydrogens is 377 g/mol. The number of benzene rings is 1. The molecule has 1 aromatic rings. The van der Waals surface area contributed by atoms with E-state index in [4.69, 9.17) is 5.73 Å². The van der Waals surface area contributed by atoms with Crippen LogP contribution in [0.1, 0.15) is 18.0 Å². The summed E-state index contributed by atoms with van der Waals surface area (Å²) >= 11 is 3.53. The summed E-state index contributed by atoms with van der Waals surface area (Å²) in [6.45, 7) is 7.68. The number of hydrogen-bond donors (Lipinski definition) is 3. The number of nitrogen functional groups attached to an aromatic ring is 1. The molecule has 0 unspecified atom stereocenters. The molecule has 1 saturated heterocycles. The summed E-state index contributed by atoms with van der Waals surface area (Å²) in [5.74, 6) is 0.180. The fourth-order valence-corrected chi connectivity index (χ4v) is 3.10. The normalized spacial score (nSPS) is 16.4. The standard InChI is InChI=1S/C14H20BrN3O.2ClH/c1-2-3-12(18-8-6-17-7-9-18)13-10(15)4-5-11(16)14(13)19;;/h2,4-5,12,17,19H,1,3,6-9,16H2;2*1H/t12-;;/m1../s1. The van der Waals surface area contributed by atoms with Crippen molar-refractivity contribution in [2.75, 3.05) is 31.9 Å². The summed E-state index contributed by atoms with van der Waals surface area (Å²) in [6.07, 6.45) is 2.68. The van der Waals surface area contributed by atoms with Crippen LogP contribution in [0.3, 0.4) is 0 Å². The third-order valence-corrected chi connectivity index (χ3v) is 4.20. The van der Waals surface area contributed by atoms with Crippen molar-refractivity contribution in [3.63, 3.8) is 0 Å². The van der Waals surface area contributed by atoms with E-state index in [1.165, 1.54) is 0 Å². The van der Waals surface area contributed by atoms with E-state index < -0.39 is 0 Å². The van der Waals surface area contributed by atoms with Gasteiger partial charge in [0.15, 0.2) is 0 Å². The number of halogens is 3. The maximum Gasteiger partial charge on any atom is 0.144 e. The van der Waals surface area contributed by atoms with Gasteiger partial charge in [0.25, 0.3) is 0 Å². The van der Waals surface area contributed by atoms with E-state index >= 15 is 0 Å². The van der Waals surface area contributed by atoms with Crippen LogP contribution in [0.15, 0.2) is 29.3 Å². The van der Waals surface area contributed by atoms with Crippen molar-refractivity contribution in [3.05, 3.63) is 34.8 Å². The van der Waals surface area contributed by atoms with Crippen LogP contribution < -0.4 is 11.1 Å². The minimum atomic E-state index is 0. The molecule has 4 nitrogen and oxygen atoms in total. The van der Waals surface area contributed by atoms with Gasteiger partial charge in [0.1, 0.15) is 5.75 Å². The number of phenolic OH excluding ortho intramolecular Hbond substituents is 1. The fourth-order valence-electron chi connectivity index (χ4n) is 2.52. The summed E-state index contributed by atoms with van der Waals surface area (Å²) < 4.78 is 0.893. The first-order valence-electron chi connectivity index (χ1n) is 6.47. The van der Waals surface area contributed by atoms with Gasteiger partial charge in [0.2, 0.25) is 0 Å². The minimum absolute atomic E-state index is 0.